The number of nitrogens with one attached hydrogen (secondary N) is 2. The summed E-state index contributed by atoms with van der Waals surface area (Å²) in [6.45, 7) is 4.22. The number of hydrogen-bond donors (Lipinski definition) is 2. The first-order valence-electron chi connectivity index (χ1n) is 7.98. The summed E-state index contributed by atoms with van der Waals surface area (Å²) in [5.41, 5.74) is 3.28. The van der Waals surface area contributed by atoms with Crippen LogP contribution in [0.3, 0.4) is 0 Å². The van der Waals surface area contributed by atoms with Crippen LogP contribution in [0.25, 0.3) is 11.0 Å². The van der Waals surface area contributed by atoms with Crippen LogP contribution >= 0.6 is 0 Å². The molecular formula is C16H21N5O. The Morgan fingerprint density at radius 1 is 1.27 bits per heavy atom. The summed E-state index contributed by atoms with van der Waals surface area (Å²) in [5.74, 6) is 0.172. The highest BCUT2D eigenvalue weighted by Gasteiger charge is 2.25. The van der Waals surface area contributed by atoms with Gasteiger partial charge < -0.3 is 15.2 Å². The predicted octanol–water partition coefficient (Wildman–Crippen LogP) is 0.963. The van der Waals surface area contributed by atoms with E-state index in [0.29, 0.717) is 12.6 Å². The van der Waals surface area contributed by atoms with Crippen LogP contribution in [0.5, 0.6) is 0 Å². The van der Waals surface area contributed by atoms with E-state index in [1.54, 1.807) is 6.33 Å². The quantitative estimate of drug-likeness (QED) is 0.883. The van der Waals surface area contributed by atoms with Crippen molar-refractivity contribution in [1.82, 2.24) is 20.2 Å². The molecule has 1 saturated heterocycles. The molecule has 22 heavy (non-hydrogen) atoms. The van der Waals surface area contributed by atoms with Gasteiger partial charge in [-0.05, 0) is 25.0 Å². The van der Waals surface area contributed by atoms with Crippen LogP contribution in [-0.2, 0) is 4.79 Å². The SMILES string of the molecule is O=C(CN1CCN(c2cccc3[nH]cnc23)CC1)NC1CC1. The van der Waals surface area contributed by atoms with Crippen molar-refractivity contribution in [3.8, 4) is 0 Å². The van der Waals surface area contributed by atoms with E-state index in [1.807, 2.05) is 6.07 Å². The molecule has 0 spiro atoms. The summed E-state index contributed by atoms with van der Waals surface area (Å²) in [6, 6.07) is 6.68. The first kappa shape index (κ1) is 13.6. The fourth-order valence-corrected chi connectivity index (χ4v) is 3.06. The first-order valence-corrected chi connectivity index (χ1v) is 7.98. The van der Waals surface area contributed by atoms with E-state index in [2.05, 4.69) is 37.2 Å². The number of piperazine rings is 1. The fourth-order valence-electron chi connectivity index (χ4n) is 3.06. The van der Waals surface area contributed by atoms with Gasteiger partial charge in [-0.15, -0.1) is 0 Å². The Morgan fingerprint density at radius 2 is 2.09 bits per heavy atom. The number of amides is 1. The Kier molecular flexibility index (Phi) is 3.46. The van der Waals surface area contributed by atoms with Crippen LogP contribution in [-0.4, -0.2) is 59.5 Å². The van der Waals surface area contributed by atoms with Gasteiger partial charge >= 0.3 is 0 Å². The molecule has 1 aromatic carbocycles. The lowest BCUT2D eigenvalue weighted by molar-refractivity contribution is -0.122. The maximum Gasteiger partial charge on any atom is 0.234 e. The Bertz CT molecular complexity index is 670. The Hall–Kier alpha value is -2.08. The minimum atomic E-state index is 0.172. The normalized spacial score (nSPS) is 19.5. The van der Waals surface area contributed by atoms with Crippen molar-refractivity contribution >= 4 is 22.6 Å². The summed E-state index contributed by atoms with van der Waals surface area (Å²) in [7, 11) is 0. The molecule has 1 aliphatic carbocycles. The number of benzene rings is 1. The summed E-state index contributed by atoms with van der Waals surface area (Å²) >= 11 is 0. The van der Waals surface area contributed by atoms with Crippen LogP contribution in [0.15, 0.2) is 24.5 Å². The molecule has 2 aliphatic rings. The third kappa shape index (κ3) is 2.78. The van der Waals surface area contributed by atoms with Crippen LogP contribution in [0.4, 0.5) is 5.69 Å². The molecule has 2 aromatic rings. The largest absolute Gasteiger partial charge is 0.367 e. The van der Waals surface area contributed by atoms with Gasteiger partial charge in [-0.2, -0.15) is 0 Å². The number of para-hydroxylation sites is 1. The second-order valence-corrected chi connectivity index (χ2v) is 6.18. The fraction of sp³-hybridized carbons (Fsp3) is 0.500. The number of aromatic nitrogens is 2. The van der Waals surface area contributed by atoms with Crippen LogP contribution < -0.4 is 10.2 Å². The number of fused-ring (bicyclic) bond motifs is 1. The van der Waals surface area contributed by atoms with Crippen LogP contribution in [0, 0.1) is 0 Å². The molecule has 6 nitrogen and oxygen atoms in total. The number of hydrogen-bond acceptors (Lipinski definition) is 4. The predicted molar refractivity (Wildman–Crippen MR) is 85.9 cm³/mol. The third-order valence-corrected chi connectivity index (χ3v) is 4.45. The number of H-pyrrole nitrogens is 1. The van der Waals surface area contributed by atoms with E-state index in [0.717, 1.165) is 50.1 Å². The molecule has 2 N–H and O–H groups in total. The Morgan fingerprint density at radius 3 is 2.86 bits per heavy atom. The lowest BCUT2D eigenvalue weighted by atomic mass is 10.2. The smallest absolute Gasteiger partial charge is 0.234 e. The minimum absolute atomic E-state index is 0.172. The monoisotopic (exact) mass is 299 g/mol. The highest BCUT2D eigenvalue weighted by atomic mass is 16.2. The maximum atomic E-state index is 11.9. The van der Waals surface area contributed by atoms with Crippen molar-refractivity contribution < 1.29 is 4.79 Å². The topological polar surface area (TPSA) is 64.3 Å². The molecule has 0 unspecified atom stereocenters. The zero-order valence-corrected chi connectivity index (χ0v) is 12.6. The van der Waals surface area contributed by atoms with Crippen molar-refractivity contribution in [3.05, 3.63) is 24.5 Å². The molecule has 1 saturated carbocycles. The van der Waals surface area contributed by atoms with Gasteiger partial charge in [0, 0.05) is 32.2 Å². The first-order chi connectivity index (χ1) is 10.8. The van der Waals surface area contributed by atoms with Gasteiger partial charge in [0.25, 0.3) is 0 Å². The van der Waals surface area contributed by atoms with Gasteiger partial charge in [0.15, 0.2) is 0 Å². The van der Waals surface area contributed by atoms with E-state index in [1.165, 1.54) is 5.69 Å². The lowest BCUT2D eigenvalue weighted by Crippen LogP contribution is -2.49. The molecule has 2 fully saturated rings. The van der Waals surface area contributed by atoms with Crippen LogP contribution in [0.1, 0.15) is 12.8 Å². The standard InChI is InChI=1S/C16H21N5O/c22-15(19-12-4-5-12)10-20-6-8-21(9-7-20)14-3-1-2-13-16(14)18-11-17-13/h1-3,11-12H,4-10H2,(H,17,18)(H,19,22). The zero-order chi connectivity index (χ0) is 14.9. The number of imidazole rings is 1. The van der Waals surface area contributed by atoms with E-state index in [4.69, 9.17) is 0 Å². The van der Waals surface area contributed by atoms with Crippen LogP contribution in [0.2, 0.25) is 0 Å². The molecule has 4 rings (SSSR count). The molecule has 0 bridgehead atoms. The van der Waals surface area contributed by atoms with Gasteiger partial charge in [0.2, 0.25) is 5.91 Å². The molecular weight excluding hydrogens is 278 g/mol. The highest BCUT2D eigenvalue weighted by Crippen LogP contribution is 2.25. The van der Waals surface area contributed by atoms with Gasteiger partial charge in [0.05, 0.1) is 24.1 Å². The zero-order valence-electron chi connectivity index (χ0n) is 12.6. The Labute approximate surface area is 129 Å². The number of aromatic amines is 1. The second kappa shape index (κ2) is 5.61. The minimum Gasteiger partial charge on any atom is -0.367 e. The molecule has 1 amide bonds. The molecule has 0 atom stereocenters. The van der Waals surface area contributed by atoms with Crippen molar-refractivity contribution in [2.45, 2.75) is 18.9 Å². The van der Waals surface area contributed by atoms with Crippen molar-refractivity contribution in [2.24, 2.45) is 0 Å². The number of rotatable bonds is 4. The van der Waals surface area contributed by atoms with Crippen molar-refractivity contribution in [1.29, 1.82) is 0 Å². The third-order valence-electron chi connectivity index (χ3n) is 4.45. The van der Waals surface area contributed by atoms with E-state index in [-0.39, 0.29) is 5.91 Å². The number of nitrogens with zero attached hydrogens (tertiary/aromatic N) is 3. The number of anilines is 1. The van der Waals surface area contributed by atoms with Crippen molar-refractivity contribution in [3.63, 3.8) is 0 Å². The van der Waals surface area contributed by atoms with Gasteiger partial charge in [-0.1, -0.05) is 6.07 Å². The highest BCUT2D eigenvalue weighted by molar-refractivity contribution is 5.88. The summed E-state index contributed by atoms with van der Waals surface area (Å²) in [4.78, 5) is 24.1. The van der Waals surface area contributed by atoms with Crippen molar-refractivity contribution in [2.75, 3.05) is 37.6 Å². The van der Waals surface area contributed by atoms with E-state index >= 15 is 0 Å². The molecule has 6 heteroatoms. The van der Waals surface area contributed by atoms with Gasteiger partial charge in [-0.3, -0.25) is 9.69 Å². The molecule has 1 aliphatic heterocycles. The van der Waals surface area contributed by atoms with E-state index < -0.39 is 0 Å². The molecule has 116 valence electrons. The molecule has 1 aromatic heterocycles. The average molecular weight is 299 g/mol. The van der Waals surface area contributed by atoms with Gasteiger partial charge in [-0.25, -0.2) is 4.98 Å². The maximum absolute atomic E-state index is 11.9. The average Bonchev–Trinajstić information content (AvgIpc) is 3.20. The summed E-state index contributed by atoms with van der Waals surface area (Å²) in [6.07, 6.45) is 4.03. The van der Waals surface area contributed by atoms with E-state index in [9.17, 15) is 4.79 Å². The molecule has 2 heterocycles. The molecule has 0 radical (unpaired) electrons. The summed E-state index contributed by atoms with van der Waals surface area (Å²) < 4.78 is 0. The number of carbonyl (C=O) groups is 1. The summed E-state index contributed by atoms with van der Waals surface area (Å²) in [5, 5.41) is 3.06. The second-order valence-electron chi connectivity index (χ2n) is 6.18. The van der Waals surface area contributed by atoms with Gasteiger partial charge in [0.1, 0.15) is 5.52 Å². The Balaban J connectivity index is 1.37. The lowest BCUT2D eigenvalue weighted by Gasteiger charge is -2.35. The number of carbonyl (C=O) groups excluding carboxylic acids is 1.